The van der Waals surface area contributed by atoms with E-state index >= 15 is 0 Å². The van der Waals surface area contributed by atoms with Gasteiger partial charge >= 0.3 is 0 Å². The Balaban J connectivity index is 3.36. The third-order valence-electron chi connectivity index (χ3n) is 1.37. The topological polar surface area (TPSA) is 33.0 Å². The fourth-order valence-electron chi connectivity index (χ4n) is 0.806. The van der Waals surface area contributed by atoms with E-state index in [-0.39, 0.29) is 0 Å². The third-order valence-corrected chi connectivity index (χ3v) is 2.46. The molecule has 0 aliphatic rings. The Bertz CT molecular complexity index is 346. The summed E-state index contributed by atoms with van der Waals surface area (Å²) in [5.41, 5.74) is 0.510. The van der Waals surface area contributed by atoms with E-state index in [1.165, 1.54) is 7.11 Å². The van der Waals surface area contributed by atoms with Gasteiger partial charge in [-0.1, -0.05) is 11.6 Å². The maximum absolute atomic E-state index is 8.65. The Morgan fingerprint density at radius 1 is 1.58 bits per heavy atom. The van der Waals surface area contributed by atoms with E-state index in [0.29, 0.717) is 20.8 Å². The molecule has 0 bridgehead atoms. The van der Waals surface area contributed by atoms with Gasteiger partial charge in [0.05, 0.1) is 22.2 Å². The van der Waals surface area contributed by atoms with E-state index in [2.05, 4.69) is 15.9 Å². The fraction of sp³-hybridized carbons (Fsp3) is 0.125. The molecule has 0 spiro atoms. The molecule has 2 nitrogen and oxygen atoms in total. The molecule has 0 aliphatic carbocycles. The molecule has 0 radical (unpaired) electrons. The molecule has 0 saturated carbocycles. The molecule has 0 N–H and O–H groups in total. The first-order valence-electron chi connectivity index (χ1n) is 3.12. The molecule has 0 fully saturated rings. The van der Waals surface area contributed by atoms with Crippen molar-refractivity contribution in [1.82, 2.24) is 0 Å². The zero-order valence-electron chi connectivity index (χ0n) is 6.27. The van der Waals surface area contributed by atoms with Gasteiger partial charge in [-0.15, -0.1) is 0 Å². The average molecular weight is 246 g/mol. The standard InChI is InChI=1S/C8H5BrClNO/c1-12-8-6(10)3-2-5(4-11)7(8)9/h2-3H,1H3. The van der Waals surface area contributed by atoms with Gasteiger partial charge in [-0.25, -0.2) is 0 Å². The minimum Gasteiger partial charge on any atom is -0.494 e. The molecule has 0 aromatic heterocycles. The van der Waals surface area contributed by atoms with E-state index in [1.807, 2.05) is 6.07 Å². The first-order valence-corrected chi connectivity index (χ1v) is 4.30. The Morgan fingerprint density at radius 3 is 2.75 bits per heavy atom. The summed E-state index contributed by atoms with van der Waals surface area (Å²) in [6.45, 7) is 0. The number of ether oxygens (including phenoxy) is 1. The van der Waals surface area contributed by atoms with E-state index in [4.69, 9.17) is 21.6 Å². The van der Waals surface area contributed by atoms with Gasteiger partial charge in [-0.3, -0.25) is 0 Å². The molecule has 12 heavy (non-hydrogen) atoms. The van der Waals surface area contributed by atoms with Crippen molar-refractivity contribution in [2.75, 3.05) is 7.11 Å². The normalized spacial score (nSPS) is 9.17. The van der Waals surface area contributed by atoms with Crippen molar-refractivity contribution < 1.29 is 4.74 Å². The minimum atomic E-state index is 0.489. The van der Waals surface area contributed by atoms with Crippen molar-refractivity contribution in [3.8, 4) is 11.8 Å². The van der Waals surface area contributed by atoms with Crippen molar-refractivity contribution >= 4 is 27.5 Å². The van der Waals surface area contributed by atoms with Crippen LogP contribution in [-0.4, -0.2) is 7.11 Å². The lowest BCUT2D eigenvalue weighted by atomic mass is 10.2. The maximum atomic E-state index is 8.65. The van der Waals surface area contributed by atoms with Gasteiger partial charge in [0, 0.05) is 0 Å². The quantitative estimate of drug-likeness (QED) is 0.763. The van der Waals surface area contributed by atoms with Gasteiger partial charge in [0.15, 0.2) is 5.75 Å². The number of nitrogens with zero attached hydrogens (tertiary/aromatic N) is 1. The van der Waals surface area contributed by atoms with Gasteiger partial charge < -0.3 is 4.74 Å². The lowest BCUT2D eigenvalue weighted by Gasteiger charge is -2.05. The number of rotatable bonds is 1. The highest BCUT2D eigenvalue weighted by atomic mass is 79.9. The van der Waals surface area contributed by atoms with Crippen LogP contribution in [0.5, 0.6) is 5.75 Å². The fourth-order valence-corrected chi connectivity index (χ4v) is 1.75. The second-order valence-corrected chi connectivity index (χ2v) is 3.25. The summed E-state index contributed by atoms with van der Waals surface area (Å²) in [5, 5.41) is 9.14. The first kappa shape index (κ1) is 9.37. The molecule has 0 saturated heterocycles. The first-order chi connectivity index (χ1) is 5.70. The van der Waals surface area contributed by atoms with Crippen molar-refractivity contribution in [2.45, 2.75) is 0 Å². The summed E-state index contributed by atoms with van der Waals surface area (Å²) in [6, 6.07) is 5.27. The molecular weight excluding hydrogens is 241 g/mol. The van der Waals surface area contributed by atoms with Crippen molar-refractivity contribution in [3.63, 3.8) is 0 Å². The van der Waals surface area contributed by atoms with Crippen LogP contribution in [0.25, 0.3) is 0 Å². The number of hydrogen-bond donors (Lipinski definition) is 0. The molecule has 0 unspecified atom stereocenters. The average Bonchev–Trinajstić information content (AvgIpc) is 2.06. The molecular formula is C8H5BrClNO. The molecule has 62 valence electrons. The Labute approximate surface area is 83.8 Å². The van der Waals surface area contributed by atoms with Crippen LogP contribution in [0.3, 0.4) is 0 Å². The summed E-state index contributed by atoms with van der Waals surface area (Å²) < 4.78 is 5.59. The lowest BCUT2D eigenvalue weighted by Crippen LogP contribution is -1.88. The van der Waals surface area contributed by atoms with Gasteiger partial charge in [0.1, 0.15) is 6.07 Å². The Hall–Kier alpha value is -0.720. The SMILES string of the molecule is COc1c(Cl)ccc(C#N)c1Br. The Kier molecular flexibility index (Phi) is 2.96. The van der Waals surface area contributed by atoms with Crippen LogP contribution in [0.1, 0.15) is 5.56 Å². The third kappa shape index (κ3) is 1.55. The zero-order valence-corrected chi connectivity index (χ0v) is 8.61. The molecule has 4 heteroatoms. The highest BCUT2D eigenvalue weighted by Gasteiger charge is 2.09. The smallest absolute Gasteiger partial charge is 0.152 e. The summed E-state index contributed by atoms with van der Waals surface area (Å²) in [5.74, 6) is 0.496. The second kappa shape index (κ2) is 3.79. The minimum absolute atomic E-state index is 0.489. The van der Waals surface area contributed by atoms with Crippen LogP contribution >= 0.6 is 27.5 Å². The summed E-state index contributed by atoms with van der Waals surface area (Å²) in [7, 11) is 1.51. The Morgan fingerprint density at radius 2 is 2.25 bits per heavy atom. The van der Waals surface area contributed by atoms with Crippen LogP contribution < -0.4 is 4.74 Å². The number of hydrogen-bond acceptors (Lipinski definition) is 2. The molecule has 0 heterocycles. The highest BCUT2D eigenvalue weighted by Crippen LogP contribution is 2.34. The summed E-state index contributed by atoms with van der Waals surface area (Å²) in [6.07, 6.45) is 0. The number of halogens is 2. The van der Waals surface area contributed by atoms with Crippen LogP contribution in [-0.2, 0) is 0 Å². The summed E-state index contributed by atoms with van der Waals surface area (Å²) >= 11 is 9.01. The highest BCUT2D eigenvalue weighted by molar-refractivity contribution is 9.10. The zero-order chi connectivity index (χ0) is 9.14. The number of benzene rings is 1. The number of nitriles is 1. The molecule has 1 aromatic carbocycles. The second-order valence-electron chi connectivity index (χ2n) is 2.05. The molecule has 1 rings (SSSR count). The maximum Gasteiger partial charge on any atom is 0.152 e. The predicted molar refractivity (Wildman–Crippen MR) is 50.4 cm³/mol. The number of methoxy groups -OCH3 is 1. The van der Waals surface area contributed by atoms with Crippen LogP contribution in [0.4, 0.5) is 0 Å². The van der Waals surface area contributed by atoms with Crippen LogP contribution in [0.15, 0.2) is 16.6 Å². The van der Waals surface area contributed by atoms with Crippen LogP contribution in [0.2, 0.25) is 5.02 Å². The van der Waals surface area contributed by atoms with Gasteiger partial charge in [0.2, 0.25) is 0 Å². The lowest BCUT2D eigenvalue weighted by molar-refractivity contribution is 0.412. The van der Waals surface area contributed by atoms with Crippen molar-refractivity contribution in [3.05, 3.63) is 27.2 Å². The van der Waals surface area contributed by atoms with Gasteiger partial charge in [-0.05, 0) is 28.1 Å². The van der Waals surface area contributed by atoms with E-state index in [1.54, 1.807) is 12.1 Å². The van der Waals surface area contributed by atoms with Crippen LogP contribution in [0, 0.1) is 11.3 Å². The van der Waals surface area contributed by atoms with Crippen molar-refractivity contribution in [1.29, 1.82) is 5.26 Å². The van der Waals surface area contributed by atoms with Gasteiger partial charge in [-0.2, -0.15) is 5.26 Å². The van der Waals surface area contributed by atoms with E-state index in [9.17, 15) is 0 Å². The monoisotopic (exact) mass is 245 g/mol. The predicted octanol–water partition coefficient (Wildman–Crippen LogP) is 2.98. The van der Waals surface area contributed by atoms with Gasteiger partial charge in [0.25, 0.3) is 0 Å². The van der Waals surface area contributed by atoms with E-state index in [0.717, 1.165) is 0 Å². The molecule has 0 atom stereocenters. The van der Waals surface area contributed by atoms with E-state index < -0.39 is 0 Å². The molecule has 0 amide bonds. The largest absolute Gasteiger partial charge is 0.494 e. The summed E-state index contributed by atoms with van der Waals surface area (Å²) in [4.78, 5) is 0. The molecule has 1 aromatic rings. The van der Waals surface area contributed by atoms with Crippen molar-refractivity contribution in [2.24, 2.45) is 0 Å². The molecule has 0 aliphatic heterocycles.